The molecule has 1 unspecified atom stereocenters. The molecule has 5 heteroatoms. The van der Waals surface area contributed by atoms with E-state index in [0.29, 0.717) is 19.6 Å². The second kappa shape index (κ2) is 6.13. The summed E-state index contributed by atoms with van der Waals surface area (Å²) in [7, 11) is 1.57. The zero-order chi connectivity index (χ0) is 14.9. The van der Waals surface area contributed by atoms with Gasteiger partial charge in [-0.25, -0.2) is 4.79 Å². The smallest absolute Gasteiger partial charge is 0.315 e. The fourth-order valence-corrected chi connectivity index (χ4v) is 5.18. The number of ether oxygens (including phenoxy) is 1. The van der Waals surface area contributed by atoms with Crippen LogP contribution in [-0.2, 0) is 4.74 Å². The number of carbonyl (C=O) groups excluding carboxylic acids is 1. The number of hydrogen-bond donors (Lipinski definition) is 3. The van der Waals surface area contributed by atoms with Crippen LogP contribution in [0.1, 0.15) is 44.9 Å². The van der Waals surface area contributed by atoms with E-state index in [9.17, 15) is 9.90 Å². The van der Waals surface area contributed by atoms with Crippen molar-refractivity contribution < 1.29 is 14.6 Å². The van der Waals surface area contributed by atoms with Crippen LogP contribution in [0.2, 0.25) is 0 Å². The van der Waals surface area contributed by atoms with Gasteiger partial charge < -0.3 is 20.5 Å². The molecule has 4 saturated carbocycles. The zero-order valence-electron chi connectivity index (χ0n) is 12.9. The summed E-state index contributed by atoms with van der Waals surface area (Å²) in [5.74, 6) is 2.50. The second-order valence-corrected chi connectivity index (χ2v) is 7.48. The number of aliphatic hydroxyl groups is 1. The predicted molar refractivity (Wildman–Crippen MR) is 79.9 cm³/mol. The Balaban J connectivity index is 1.44. The van der Waals surface area contributed by atoms with Gasteiger partial charge >= 0.3 is 6.03 Å². The van der Waals surface area contributed by atoms with Crippen LogP contribution in [-0.4, -0.2) is 43.0 Å². The lowest BCUT2D eigenvalue weighted by molar-refractivity contribution is -0.0135. The standard InChI is InChI=1S/C16H28N2O3/c1-21-10-14(19)2-3-17-15(20)18-16-7-11-4-12(8-16)6-13(5-11)9-16/h11-14,19H,2-10H2,1H3,(H2,17,18,20). The normalized spacial score (nSPS) is 38.3. The van der Waals surface area contributed by atoms with Gasteiger partial charge in [0.1, 0.15) is 0 Å². The highest BCUT2D eigenvalue weighted by atomic mass is 16.5. The molecule has 0 aromatic heterocycles. The van der Waals surface area contributed by atoms with Crippen LogP contribution in [0.5, 0.6) is 0 Å². The zero-order valence-corrected chi connectivity index (χ0v) is 12.9. The van der Waals surface area contributed by atoms with E-state index in [1.165, 1.54) is 38.5 Å². The van der Waals surface area contributed by atoms with Crippen LogP contribution in [0.4, 0.5) is 4.79 Å². The predicted octanol–water partition coefficient (Wildman–Crippen LogP) is 1.65. The quantitative estimate of drug-likeness (QED) is 0.698. The van der Waals surface area contributed by atoms with E-state index < -0.39 is 6.10 Å². The highest BCUT2D eigenvalue weighted by molar-refractivity contribution is 5.74. The fourth-order valence-electron chi connectivity index (χ4n) is 5.18. The van der Waals surface area contributed by atoms with Gasteiger partial charge in [0.2, 0.25) is 0 Å². The van der Waals surface area contributed by atoms with Crippen molar-refractivity contribution in [3.8, 4) is 0 Å². The van der Waals surface area contributed by atoms with Crippen molar-refractivity contribution in [2.45, 2.75) is 56.6 Å². The van der Waals surface area contributed by atoms with Gasteiger partial charge in [0.05, 0.1) is 12.7 Å². The van der Waals surface area contributed by atoms with Crippen LogP contribution in [0.25, 0.3) is 0 Å². The Labute approximate surface area is 126 Å². The summed E-state index contributed by atoms with van der Waals surface area (Å²) >= 11 is 0. The van der Waals surface area contributed by atoms with Gasteiger partial charge in [-0.15, -0.1) is 0 Å². The third-order valence-electron chi connectivity index (χ3n) is 5.54. The lowest BCUT2D eigenvalue weighted by atomic mass is 9.53. The Bertz CT molecular complexity index is 350. The Kier molecular flexibility index (Phi) is 4.41. The van der Waals surface area contributed by atoms with Crippen LogP contribution >= 0.6 is 0 Å². The Hall–Kier alpha value is -0.810. The van der Waals surface area contributed by atoms with Crippen LogP contribution in [0, 0.1) is 17.8 Å². The van der Waals surface area contributed by atoms with E-state index >= 15 is 0 Å². The molecule has 0 aliphatic heterocycles. The minimum atomic E-state index is -0.505. The van der Waals surface area contributed by atoms with Crippen molar-refractivity contribution >= 4 is 6.03 Å². The van der Waals surface area contributed by atoms with Crippen LogP contribution in [0.3, 0.4) is 0 Å². The minimum absolute atomic E-state index is 0.0595. The molecule has 4 aliphatic carbocycles. The number of amides is 2. The lowest BCUT2D eigenvalue weighted by Gasteiger charge is -2.56. The maximum absolute atomic E-state index is 12.1. The first-order valence-electron chi connectivity index (χ1n) is 8.31. The molecule has 120 valence electrons. The van der Waals surface area contributed by atoms with Crippen molar-refractivity contribution in [3.05, 3.63) is 0 Å². The summed E-state index contributed by atoms with van der Waals surface area (Å²) in [6, 6.07) is -0.0680. The lowest BCUT2D eigenvalue weighted by Crippen LogP contribution is -2.61. The fraction of sp³-hybridized carbons (Fsp3) is 0.938. The van der Waals surface area contributed by atoms with Crippen molar-refractivity contribution in [3.63, 3.8) is 0 Å². The number of urea groups is 1. The number of carbonyl (C=O) groups is 1. The summed E-state index contributed by atoms with van der Waals surface area (Å²) < 4.78 is 4.87. The van der Waals surface area contributed by atoms with Gasteiger partial charge in [0, 0.05) is 19.2 Å². The monoisotopic (exact) mass is 296 g/mol. The maximum atomic E-state index is 12.1. The number of methoxy groups -OCH3 is 1. The Morgan fingerprint density at radius 1 is 1.24 bits per heavy atom. The SMILES string of the molecule is COCC(O)CCNC(=O)NC12CC3CC(CC(C3)C1)C2. The Morgan fingerprint density at radius 2 is 1.81 bits per heavy atom. The molecule has 4 fully saturated rings. The average molecular weight is 296 g/mol. The van der Waals surface area contributed by atoms with E-state index in [1.807, 2.05) is 0 Å². The molecule has 3 N–H and O–H groups in total. The van der Waals surface area contributed by atoms with Crippen molar-refractivity contribution in [2.75, 3.05) is 20.3 Å². The van der Waals surface area contributed by atoms with Gasteiger partial charge in [-0.2, -0.15) is 0 Å². The number of aliphatic hydroxyl groups excluding tert-OH is 1. The molecule has 0 heterocycles. The van der Waals surface area contributed by atoms with E-state index in [0.717, 1.165) is 17.8 Å². The highest BCUT2D eigenvalue weighted by Gasteiger charge is 2.51. The van der Waals surface area contributed by atoms with E-state index in [1.54, 1.807) is 7.11 Å². The molecular weight excluding hydrogens is 268 g/mol. The third kappa shape index (κ3) is 3.51. The molecule has 0 radical (unpaired) electrons. The molecule has 2 amide bonds. The molecule has 1 atom stereocenters. The number of rotatable bonds is 6. The molecule has 0 aromatic rings. The molecule has 0 saturated heterocycles. The summed E-state index contributed by atoms with van der Waals surface area (Å²) in [6.07, 6.45) is 7.66. The molecular formula is C16H28N2O3. The Morgan fingerprint density at radius 3 is 2.33 bits per heavy atom. The second-order valence-electron chi connectivity index (χ2n) is 7.48. The molecule has 5 nitrogen and oxygen atoms in total. The van der Waals surface area contributed by atoms with Gasteiger partial charge in [0.25, 0.3) is 0 Å². The van der Waals surface area contributed by atoms with Crippen molar-refractivity contribution in [2.24, 2.45) is 17.8 Å². The maximum Gasteiger partial charge on any atom is 0.315 e. The van der Waals surface area contributed by atoms with E-state index in [4.69, 9.17) is 4.74 Å². The molecule has 4 rings (SSSR count). The first-order chi connectivity index (χ1) is 10.1. The minimum Gasteiger partial charge on any atom is -0.391 e. The summed E-state index contributed by atoms with van der Waals surface area (Å²) in [5.41, 5.74) is 0.0595. The average Bonchev–Trinajstić information content (AvgIpc) is 2.36. The van der Waals surface area contributed by atoms with Gasteiger partial charge in [-0.05, 0) is 62.7 Å². The molecule has 4 aliphatic rings. The summed E-state index contributed by atoms with van der Waals surface area (Å²) in [4.78, 5) is 12.1. The number of nitrogens with one attached hydrogen (secondary N) is 2. The summed E-state index contributed by atoms with van der Waals surface area (Å²) in [5, 5.41) is 15.7. The summed E-state index contributed by atoms with van der Waals surface area (Å²) in [6.45, 7) is 0.807. The number of hydrogen-bond acceptors (Lipinski definition) is 3. The van der Waals surface area contributed by atoms with Gasteiger partial charge in [-0.3, -0.25) is 0 Å². The molecule has 0 aromatic carbocycles. The van der Waals surface area contributed by atoms with E-state index in [-0.39, 0.29) is 11.6 Å². The van der Waals surface area contributed by atoms with E-state index in [2.05, 4.69) is 10.6 Å². The topological polar surface area (TPSA) is 70.6 Å². The van der Waals surface area contributed by atoms with Crippen molar-refractivity contribution in [1.29, 1.82) is 0 Å². The molecule has 21 heavy (non-hydrogen) atoms. The molecule has 0 spiro atoms. The largest absolute Gasteiger partial charge is 0.391 e. The first kappa shape index (κ1) is 15.1. The molecule has 4 bridgehead atoms. The first-order valence-corrected chi connectivity index (χ1v) is 8.31. The highest BCUT2D eigenvalue weighted by Crippen LogP contribution is 2.55. The van der Waals surface area contributed by atoms with Crippen molar-refractivity contribution in [1.82, 2.24) is 10.6 Å². The third-order valence-corrected chi connectivity index (χ3v) is 5.54. The van der Waals surface area contributed by atoms with Crippen LogP contribution in [0.15, 0.2) is 0 Å². The van der Waals surface area contributed by atoms with Crippen LogP contribution < -0.4 is 10.6 Å². The van der Waals surface area contributed by atoms with Gasteiger partial charge in [-0.1, -0.05) is 0 Å². The van der Waals surface area contributed by atoms with Gasteiger partial charge in [0.15, 0.2) is 0 Å².